The topological polar surface area (TPSA) is 62.1 Å². The molecular weight excluding hydrogens is 339 g/mol. The molecule has 1 aromatic heterocycles. The van der Waals surface area contributed by atoms with E-state index < -0.39 is 0 Å². The summed E-state index contributed by atoms with van der Waals surface area (Å²) >= 11 is 0. The SMILES string of the molecule is O=C(CN1CCN(Cc2noc3cc(F)ccc23)CC1)N1CCOCC1. The van der Waals surface area contributed by atoms with Crippen molar-refractivity contribution in [3.63, 3.8) is 0 Å². The number of nitrogens with zero attached hydrogens (tertiary/aromatic N) is 4. The minimum Gasteiger partial charge on any atom is -0.378 e. The molecule has 7 nitrogen and oxygen atoms in total. The predicted molar refractivity (Wildman–Crippen MR) is 93.1 cm³/mol. The lowest BCUT2D eigenvalue weighted by molar-refractivity contribution is -0.136. The lowest BCUT2D eigenvalue weighted by Crippen LogP contribution is -2.51. The van der Waals surface area contributed by atoms with Crippen molar-refractivity contribution >= 4 is 16.9 Å². The number of fused-ring (bicyclic) bond motifs is 1. The first-order chi connectivity index (χ1) is 12.7. The Labute approximate surface area is 151 Å². The molecule has 2 fully saturated rings. The summed E-state index contributed by atoms with van der Waals surface area (Å²) in [7, 11) is 0. The van der Waals surface area contributed by atoms with Gasteiger partial charge < -0.3 is 14.2 Å². The van der Waals surface area contributed by atoms with Crippen LogP contribution in [0, 0.1) is 5.82 Å². The Morgan fingerprint density at radius 1 is 1.08 bits per heavy atom. The zero-order valence-electron chi connectivity index (χ0n) is 14.7. The van der Waals surface area contributed by atoms with Gasteiger partial charge in [0.15, 0.2) is 5.58 Å². The standard InChI is InChI=1S/C18H23FN4O3/c19-14-1-2-15-16(20-26-17(15)11-14)12-21-3-5-22(6-4-21)13-18(24)23-7-9-25-10-8-23/h1-2,11H,3-10,12-13H2. The molecule has 0 saturated carbocycles. The Morgan fingerprint density at radius 3 is 2.58 bits per heavy atom. The van der Waals surface area contributed by atoms with E-state index in [1.165, 1.54) is 12.1 Å². The zero-order valence-corrected chi connectivity index (χ0v) is 14.7. The van der Waals surface area contributed by atoms with Crippen LogP contribution in [0.2, 0.25) is 0 Å². The molecule has 0 bridgehead atoms. The van der Waals surface area contributed by atoms with Crippen molar-refractivity contribution < 1.29 is 18.4 Å². The molecule has 2 aliphatic rings. The summed E-state index contributed by atoms with van der Waals surface area (Å²) in [4.78, 5) is 18.7. The summed E-state index contributed by atoms with van der Waals surface area (Å²) in [5.41, 5.74) is 1.31. The van der Waals surface area contributed by atoms with Gasteiger partial charge in [-0.3, -0.25) is 14.6 Å². The fourth-order valence-electron chi connectivity index (χ4n) is 3.50. The van der Waals surface area contributed by atoms with Crippen molar-refractivity contribution in [2.24, 2.45) is 0 Å². The van der Waals surface area contributed by atoms with E-state index in [1.807, 2.05) is 4.90 Å². The van der Waals surface area contributed by atoms with E-state index in [4.69, 9.17) is 9.26 Å². The van der Waals surface area contributed by atoms with Gasteiger partial charge in [-0.2, -0.15) is 0 Å². The van der Waals surface area contributed by atoms with E-state index in [0.29, 0.717) is 45.0 Å². The van der Waals surface area contributed by atoms with Gasteiger partial charge in [0.25, 0.3) is 0 Å². The van der Waals surface area contributed by atoms with Crippen LogP contribution in [0.3, 0.4) is 0 Å². The van der Waals surface area contributed by atoms with Crippen LogP contribution < -0.4 is 0 Å². The van der Waals surface area contributed by atoms with Crippen LogP contribution in [-0.4, -0.2) is 84.8 Å². The Hall–Kier alpha value is -2.03. The molecule has 1 aromatic carbocycles. The number of hydrogen-bond donors (Lipinski definition) is 0. The molecule has 0 unspecified atom stereocenters. The van der Waals surface area contributed by atoms with Gasteiger partial charge in [0.1, 0.15) is 11.5 Å². The van der Waals surface area contributed by atoms with Gasteiger partial charge in [-0.1, -0.05) is 5.16 Å². The first-order valence-electron chi connectivity index (χ1n) is 9.03. The average molecular weight is 362 g/mol. The van der Waals surface area contributed by atoms with Crippen LogP contribution in [-0.2, 0) is 16.1 Å². The first kappa shape index (κ1) is 17.4. The molecule has 2 aromatic rings. The number of benzene rings is 1. The number of carbonyl (C=O) groups excluding carboxylic acids is 1. The van der Waals surface area contributed by atoms with Crippen LogP contribution in [0.4, 0.5) is 4.39 Å². The monoisotopic (exact) mass is 362 g/mol. The highest BCUT2D eigenvalue weighted by molar-refractivity contribution is 5.79. The van der Waals surface area contributed by atoms with Gasteiger partial charge in [0.2, 0.25) is 5.91 Å². The fraction of sp³-hybridized carbons (Fsp3) is 0.556. The highest BCUT2D eigenvalue weighted by Crippen LogP contribution is 2.21. The van der Waals surface area contributed by atoms with Crippen molar-refractivity contribution in [3.05, 3.63) is 29.7 Å². The number of amides is 1. The number of carbonyl (C=O) groups is 1. The third-order valence-electron chi connectivity index (χ3n) is 5.07. The second-order valence-electron chi connectivity index (χ2n) is 6.82. The molecule has 0 spiro atoms. The number of morpholine rings is 1. The van der Waals surface area contributed by atoms with Gasteiger partial charge in [-0.15, -0.1) is 0 Å². The second kappa shape index (κ2) is 7.69. The quantitative estimate of drug-likeness (QED) is 0.807. The van der Waals surface area contributed by atoms with Gasteiger partial charge in [0.05, 0.1) is 19.8 Å². The second-order valence-corrected chi connectivity index (χ2v) is 6.82. The first-order valence-corrected chi connectivity index (χ1v) is 9.03. The summed E-state index contributed by atoms with van der Waals surface area (Å²) in [5.74, 6) is -0.134. The maximum atomic E-state index is 13.2. The highest BCUT2D eigenvalue weighted by atomic mass is 19.1. The van der Waals surface area contributed by atoms with E-state index in [9.17, 15) is 9.18 Å². The number of halogens is 1. The molecule has 2 aliphatic heterocycles. The van der Waals surface area contributed by atoms with Crippen molar-refractivity contribution in [1.82, 2.24) is 19.9 Å². The molecule has 3 heterocycles. The lowest BCUT2D eigenvalue weighted by atomic mass is 10.2. The molecule has 8 heteroatoms. The molecule has 140 valence electrons. The number of hydrogen-bond acceptors (Lipinski definition) is 6. The van der Waals surface area contributed by atoms with Gasteiger partial charge in [-0.05, 0) is 12.1 Å². The van der Waals surface area contributed by atoms with E-state index >= 15 is 0 Å². The van der Waals surface area contributed by atoms with Crippen molar-refractivity contribution in [3.8, 4) is 0 Å². The van der Waals surface area contributed by atoms with Crippen LogP contribution in [0.5, 0.6) is 0 Å². The maximum Gasteiger partial charge on any atom is 0.236 e. The fourth-order valence-corrected chi connectivity index (χ4v) is 3.50. The van der Waals surface area contributed by atoms with Gasteiger partial charge in [0, 0.05) is 57.3 Å². The molecule has 1 amide bonds. The molecular formula is C18H23FN4O3. The van der Waals surface area contributed by atoms with E-state index in [0.717, 1.165) is 37.3 Å². The summed E-state index contributed by atoms with van der Waals surface area (Å²) in [5, 5.41) is 4.95. The summed E-state index contributed by atoms with van der Waals surface area (Å²) < 4.78 is 23.8. The summed E-state index contributed by atoms with van der Waals surface area (Å²) in [6.07, 6.45) is 0. The Balaban J connectivity index is 1.28. The molecule has 0 radical (unpaired) electrons. The van der Waals surface area contributed by atoms with Gasteiger partial charge in [-0.25, -0.2) is 4.39 Å². The van der Waals surface area contributed by atoms with E-state index in [2.05, 4.69) is 15.0 Å². The molecule has 0 aliphatic carbocycles. The average Bonchev–Trinajstić information content (AvgIpc) is 3.06. The van der Waals surface area contributed by atoms with Gasteiger partial charge >= 0.3 is 0 Å². The molecule has 0 N–H and O–H groups in total. The lowest BCUT2D eigenvalue weighted by Gasteiger charge is -2.35. The summed E-state index contributed by atoms with van der Waals surface area (Å²) in [6.45, 7) is 7.23. The number of piperazine rings is 1. The normalized spacial score (nSPS) is 20.0. The van der Waals surface area contributed by atoms with E-state index in [-0.39, 0.29) is 11.7 Å². The smallest absolute Gasteiger partial charge is 0.236 e. The third kappa shape index (κ3) is 3.87. The molecule has 4 rings (SSSR count). The van der Waals surface area contributed by atoms with Crippen LogP contribution in [0.15, 0.2) is 22.7 Å². The number of aromatic nitrogens is 1. The highest BCUT2D eigenvalue weighted by Gasteiger charge is 2.23. The number of ether oxygens (including phenoxy) is 1. The Bertz CT molecular complexity index is 767. The number of rotatable bonds is 4. The van der Waals surface area contributed by atoms with Crippen LogP contribution in [0.25, 0.3) is 11.0 Å². The van der Waals surface area contributed by atoms with Crippen molar-refractivity contribution in [2.45, 2.75) is 6.54 Å². The van der Waals surface area contributed by atoms with Crippen LogP contribution >= 0.6 is 0 Å². The Morgan fingerprint density at radius 2 is 1.81 bits per heavy atom. The van der Waals surface area contributed by atoms with Crippen LogP contribution in [0.1, 0.15) is 5.69 Å². The predicted octanol–water partition coefficient (Wildman–Crippen LogP) is 0.943. The van der Waals surface area contributed by atoms with Crippen molar-refractivity contribution in [1.29, 1.82) is 0 Å². The molecule has 2 saturated heterocycles. The summed E-state index contributed by atoms with van der Waals surface area (Å²) in [6, 6.07) is 4.51. The molecule has 26 heavy (non-hydrogen) atoms. The van der Waals surface area contributed by atoms with E-state index in [1.54, 1.807) is 6.07 Å². The minimum absolute atomic E-state index is 0.186. The zero-order chi connectivity index (χ0) is 17.9. The van der Waals surface area contributed by atoms with Crippen molar-refractivity contribution in [2.75, 3.05) is 59.0 Å². The third-order valence-corrected chi connectivity index (χ3v) is 5.07. The molecule has 0 atom stereocenters. The maximum absolute atomic E-state index is 13.2. The minimum atomic E-state index is -0.321. The largest absolute Gasteiger partial charge is 0.378 e. The Kier molecular flexibility index (Phi) is 5.14.